The van der Waals surface area contributed by atoms with E-state index in [0.29, 0.717) is 19.5 Å². The zero-order valence-electron chi connectivity index (χ0n) is 10.2. The third-order valence-corrected chi connectivity index (χ3v) is 2.98. The summed E-state index contributed by atoms with van der Waals surface area (Å²) in [7, 11) is 1.79. The number of nitrogens with zero attached hydrogens (tertiary/aromatic N) is 1. The van der Waals surface area contributed by atoms with E-state index < -0.39 is 0 Å². The van der Waals surface area contributed by atoms with Gasteiger partial charge in [0.25, 0.3) is 0 Å². The normalized spacial score (nSPS) is 21.7. The van der Waals surface area contributed by atoms with Crippen LogP contribution in [0.15, 0.2) is 0 Å². The summed E-state index contributed by atoms with van der Waals surface area (Å²) in [6.45, 7) is 5.17. The first kappa shape index (κ1) is 13.0. The first-order chi connectivity index (χ1) is 7.54. The van der Waals surface area contributed by atoms with Gasteiger partial charge >= 0.3 is 0 Å². The van der Waals surface area contributed by atoms with Gasteiger partial charge in [-0.25, -0.2) is 0 Å². The Hall–Kier alpha value is -1.10. The van der Waals surface area contributed by atoms with Crippen LogP contribution < -0.4 is 10.6 Å². The second-order valence-corrected chi connectivity index (χ2v) is 4.29. The SMILES string of the molecule is CCN(C)C(=O)C(C)NCC1CCC(=O)N1. The third kappa shape index (κ3) is 3.48. The fraction of sp³-hybridized carbons (Fsp3) is 0.818. The highest BCUT2D eigenvalue weighted by Crippen LogP contribution is 2.05. The first-order valence-electron chi connectivity index (χ1n) is 5.82. The number of hydrogen-bond donors (Lipinski definition) is 2. The molecule has 5 nitrogen and oxygen atoms in total. The van der Waals surface area contributed by atoms with E-state index in [1.165, 1.54) is 0 Å². The Morgan fingerprint density at radius 3 is 2.88 bits per heavy atom. The van der Waals surface area contributed by atoms with Gasteiger partial charge in [-0.05, 0) is 20.3 Å². The lowest BCUT2D eigenvalue weighted by Gasteiger charge is -2.22. The van der Waals surface area contributed by atoms with Crippen molar-refractivity contribution in [2.75, 3.05) is 20.1 Å². The smallest absolute Gasteiger partial charge is 0.239 e. The minimum Gasteiger partial charge on any atom is -0.352 e. The van der Waals surface area contributed by atoms with Crippen molar-refractivity contribution in [2.45, 2.75) is 38.8 Å². The molecule has 1 aliphatic rings. The summed E-state index contributed by atoms with van der Waals surface area (Å²) in [6, 6.07) is -0.0165. The zero-order chi connectivity index (χ0) is 12.1. The van der Waals surface area contributed by atoms with Crippen molar-refractivity contribution >= 4 is 11.8 Å². The van der Waals surface area contributed by atoms with Crippen LogP contribution in [0.1, 0.15) is 26.7 Å². The Balaban J connectivity index is 2.26. The van der Waals surface area contributed by atoms with Crippen molar-refractivity contribution in [1.82, 2.24) is 15.5 Å². The van der Waals surface area contributed by atoms with Crippen molar-refractivity contribution in [3.63, 3.8) is 0 Å². The highest BCUT2D eigenvalue weighted by Gasteiger charge is 2.22. The molecule has 1 heterocycles. The molecule has 2 unspecified atom stereocenters. The average molecular weight is 227 g/mol. The van der Waals surface area contributed by atoms with Gasteiger partial charge < -0.3 is 15.5 Å². The highest BCUT2D eigenvalue weighted by atomic mass is 16.2. The van der Waals surface area contributed by atoms with Crippen molar-refractivity contribution in [3.8, 4) is 0 Å². The van der Waals surface area contributed by atoms with E-state index in [9.17, 15) is 9.59 Å². The molecule has 16 heavy (non-hydrogen) atoms. The lowest BCUT2D eigenvalue weighted by atomic mass is 10.2. The van der Waals surface area contributed by atoms with E-state index in [4.69, 9.17) is 0 Å². The van der Waals surface area contributed by atoms with Crippen molar-refractivity contribution in [3.05, 3.63) is 0 Å². The molecule has 1 saturated heterocycles. The molecular weight excluding hydrogens is 206 g/mol. The van der Waals surface area contributed by atoms with Crippen LogP contribution in [0.25, 0.3) is 0 Å². The minimum atomic E-state index is -0.192. The number of amides is 2. The van der Waals surface area contributed by atoms with Crippen LogP contribution in [0.5, 0.6) is 0 Å². The van der Waals surface area contributed by atoms with Crippen LogP contribution in [0, 0.1) is 0 Å². The molecule has 0 saturated carbocycles. The van der Waals surface area contributed by atoms with Gasteiger partial charge in [-0.15, -0.1) is 0 Å². The molecule has 1 fully saturated rings. The molecule has 0 aromatic carbocycles. The molecule has 2 N–H and O–H groups in total. The average Bonchev–Trinajstić information content (AvgIpc) is 2.69. The third-order valence-electron chi connectivity index (χ3n) is 2.98. The molecule has 1 aliphatic heterocycles. The van der Waals surface area contributed by atoms with Gasteiger partial charge in [0.05, 0.1) is 6.04 Å². The predicted octanol–water partition coefficient (Wildman–Crippen LogP) is -0.279. The number of nitrogens with one attached hydrogen (secondary N) is 2. The van der Waals surface area contributed by atoms with Gasteiger partial charge in [0.2, 0.25) is 11.8 Å². The molecule has 92 valence electrons. The molecule has 0 bridgehead atoms. The largest absolute Gasteiger partial charge is 0.352 e. The second-order valence-electron chi connectivity index (χ2n) is 4.29. The molecule has 0 aromatic rings. The number of carbonyl (C=O) groups excluding carboxylic acids is 2. The minimum absolute atomic E-state index is 0.0897. The lowest BCUT2D eigenvalue weighted by molar-refractivity contribution is -0.131. The van der Waals surface area contributed by atoms with Gasteiger partial charge in [-0.2, -0.15) is 0 Å². The fourth-order valence-corrected chi connectivity index (χ4v) is 1.72. The highest BCUT2D eigenvalue weighted by molar-refractivity contribution is 5.81. The van der Waals surface area contributed by atoms with Crippen molar-refractivity contribution in [1.29, 1.82) is 0 Å². The topological polar surface area (TPSA) is 61.4 Å². The van der Waals surface area contributed by atoms with Gasteiger partial charge in [-0.3, -0.25) is 9.59 Å². The Bertz CT molecular complexity index is 268. The number of carbonyl (C=O) groups is 2. The van der Waals surface area contributed by atoms with Crippen LogP contribution in [0.4, 0.5) is 0 Å². The first-order valence-corrected chi connectivity index (χ1v) is 5.82. The lowest BCUT2D eigenvalue weighted by Crippen LogP contribution is -2.47. The molecule has 1 rings (SSSR count). The summed E-state index contributed by atoms with van der Waals surface area (Å²) in [5.74, 6) is 0.197. The molecular formula is C11H21N3O2. The fourth-order valence-electron chi connectivity index (χ4n) is 1.72. The quantitative estimate of drug-likeness (QED) is 0.679. The summed E-state index contributed by atoms with van der Waals surface area (Å²) in [5.41, 5.74) is 0. The van der Waals surface area contributed by atoms with E-state index in [1.54, 1.807) is 11.9 Å². The van der Waals surface area contributed by atoms with Gasteiger partial charge in [0.15, 0.2) is 0 Å². The number of likely N-dealkylation sites (N-methyl/N-ethyl adjacent to an activating group) is 1. The molecule has 0 radical (unpaired) electrons. The Kier molecular flexibility index (Phi) is 4.73. The Morgan fingerprint density at radius 2 is 2.38 bits per heavy atom. The van der Waals surface area contributed by atoms with Crippen LogP contribution >= 0.6 is 0 Å². The summed E-state index contributed by atoms with van der Waals surface area (Å²) in [4.78, 5) is 24.4. The maximum absolute atomic E-state index is 11.7. The van der Waals surface area contributed by atoms with E-state index in [2.05, 4.69) is 10.6 Å². The zero-order valence-corrected chi connectivity index (χ0v) is 10.2. The Labute approximate surface area is 96.6 Å². The summed E-state index contributed by atoms with van der Waals surface area (Å²) < 4.78 is 0. The number of rotatable bonds is 5. The summed E-state index contributed by atoms with van der Waals surface area (Å²) in [5, 5.41) is 6.02. The standard InChI is InChI=1S/C11H21N3O2/c1-4-14(3)11(16)8(2)12-7-9-5-6-10(15)13-9/h8-9,12H,4-7H2,1-3H3,(H,13,15). The van der Waals surface area contributed by atoms with Crippen LogP contribution in [-0.4, -0.2) is 48.9 Å². The monoisotopic (exact) mass is 227 g/mol. The number of hydrogen-bond acceptors (Lipinski definition) is 3. The van der Waals surface area contributed by atoms with Crippen LogP contribution in [0.2, 0.25) is 0 Å². The van der Waals surface area contributed by atoms with Crippen molar-refractivity contribution in [2.24, 2.45) is 0 Å². The molecule has 2 atom stereocenters. The van der Waals surface area contributed by atoms with Gasteiger partial charge in [0.1, 0.15) is 0 Å². The van der Waals surface area contributed by atoms with E-state index >= 15 is 0 Å². The molecule has 0 spiro atoms. The predicted molar refractivity (Wildman–Crippen MR) is 61.9 cm³/mol. The second kappa shape index (κ2) is 5.84. The molecule has 0 aromatic heterocycles. The molecule has 2 amide bonds. The van der Waals surface area contributed by atoms with E-state index in [0.717, 1.165) is 6.42 Å². The van der Waals surface area contributed by atoms with E-state index in [1.807, 2.05) is 13.8 Å². The Morgan fingerprint density at radius 1 is 1.69 bits per heavy atom. The van der Waals surface area contributed by atoms with Gasteiger partial charge in [0, 0.05) is 32.6 Å². The van der Waals surface area contributed by atoms with Gasteiger partial charge in [-0.1, -0.05) is 0 Å². The molecule has 5 heteroatoms. The van der Waals surface area contributed by atoms with Crippen LogP contribution in [-0.2, 0) is 9.59 Å². The maximum atomic E-state index is 11.7. The van der Waals surface area contributed by atoms with Crippen LogP contribution in [0.3, 0.4) is 0 Å². The maximum Gasteiger partial charge on any atom is 0.239 e. The summed E-state index contributed by atoms with van der Waals surface area (Å²) in [6.07, 6.45) is 1.46. The van der Waals surface area contributed by atoms with E-state index in [-0.39, 0.29) is 23.9 Å². The summed E-state index contributed by atoms with van der Waals surface area (Å²) >= 11 is 0. The van der Waals surface area contributed by atoms with Crippen molar-refractivity contribution < 1.29 is 9.59 Å². The molecule has 0 aliphatic carbocycles.